The summed E-state index contributed by atoms with van der Waals surface area (Å²) in [6, 6.07) is 10.7. The zero-order chi connectivity index (χ0) is 24.0. The van der Waals surface area contributed by atoms with Gasteiger partial charge in [0.2, 0.25) is 5.91 Å². The molecule has 3 atom stereocenters. The van der Waals surface area contributed by atoms with E-state index in [-0.39, 0.29) is 29.9 Å². The highest BCUT2D eigenvalue weighted by molar-refractivity contribution is 6.07. The Morgan fingerprint density at radius 1 is 1.06 bits per heavy atom. The number of benzene rings is 1. The molecule has 1 aliphatic carbocycles. The number of likely N-dealkylation sites (N-methyl/N-ethyl adjacent to an activating group) is 1. The van der Waals surface area contributed by atoms with Gasteiger partial charge >= 0.3 is 6.03 Å². The lowest BCUT2D eigenvalue weighted by Gasteiger charge is -2.48. The molecular weight excluding hydrogens is 428 g/mol. The quantitative estimate of drug-likeness (QED) is 0.593. The number of urea groups is 1. The van der Waals surface area contributed by atoms with E-state index in [2.05, 4.69) is 22.3 Å². The zero-order valence-electron chi connectivity index (χ0n) is 20.7. The smallest absolute Gasteiger partial charge is 0.327 e. The van der Waals surface area contributed by atoms with Crippen LogP contribution < -0.4 is 5.32 Å². The second-order valence-electron chi connectivity index (χ2n) is 11.1. The van der Waals surface area contributed by atoms with Crippen LogP contribution in [0.25, 0.3) is 0 Å². The number of hydrogen-bond donors (Lipinski definition) is 1. The van der Waals surface area contributed by atoms with E-state index in [0.29, 0.717) is 37.3 Å². The van der Waals surface area contributed by atoms with Gasteiger partial charge in [0.25, 0.3) is 5.91 Å². The van der Waals surface area contributed by atoms with Crippen LogP contribution in [0.15, 0.2) is 30.3 Å². The lowest BCUT2D eigenvalue weighted by molar-refractivity contribution is -0.137. The van der Waals surface area contributed by atoms with Crippen molar-refractivity contribution < 1.29 is 14.4 Å². The molecule has 5 rings (SSSR count). The van der Waals surface area contributed by atoms with Crippen LogP contribution in [0.5, 0.6) is 0 Å². The van der Waals surface area contributed by atoms with E-state index in [4.69, 9.17) is 0 Å². The molecule has 1 N–H and O–H groups in total. The van der Waals surface area contributed by atoms with Gasteiger partial charge in [0, 0.05) is 38.1 Å². The highest BCUT2D eigenvalue weighted by Gasteiger charge is 2.62. The number of piperidine rings is 1. The number of nitrogens with one attached hydrogen (secondary N) is 1. The molecule has 4 amide bonds. The molecular formula is C27H38N4O3. The molecule has 184 valence electrons. The lowest BCUT2D eigenvalue weighted by atomic mass is 9.80. The fraction of sp³-hybridized carbons (Fsp3) is 0.667. The molecule has 2 bridgehead atoms. The first-order chi connectivity index (χ1) is 16.3. The fourth-order valence-corrected chi connectivity index (χ4v) is 6.74. The summed E-state index contributed by atoms with van der Waals surface area (Å²) < 4.78 is 0. The fourth-order valence-electron chi connectivity index (χ4n) is 6.74. The van der Waals surface area contributed by atoms with Crippen LogP contribution in [-0.2, 0) is 9.59 Å². The van der Waals surface area contributed by atoms with Crippen molar-refractivity contribution in [3.05, 3.63) is 35.9 Å². The van der Waals surface area contributed by atoms with Crippen LogP contribution in [0, 0.1) is 5.92 Å². The summed E-state index contributed by atoms with van der Waals surface area (Å²) in [4.78, 5) is 44.5. The minimum atomic E-state index is -0.695. The molecule has 1 spiro atoms. The van der Waals surface area contributed by atoms with Crippen molar-refractivity contribution in [1.29, 1.82) is 0 Å². The van der Waals surface area contributed by atoms with Crippen molar-refractivity contribution in [2.24, 2.45) is 5.92 Å². The summed E-state index contributed by atoms with van der Waals surface area (Å²) in [6.45, 7) is 4.90. The number of carbonyl (C=O) groups is 3. The molecule has 2 unspecified atom stereocenters. The topological polar surface area (TPSA) is 73.0 Å². The first kappa shape index (κ1) is 23.3. The Morgan fingerprint density at radius 3 is 2.29 bits per heavy atom. The Hall–Kier alpha value is -2.41. The highest BCUT2D eigenvalue weighted by atomic mass is 16.2. The van der Waals surface area contributed by atoms with Crippen molar-refractivity contribution in [2.75, 3.05) is 13.6 Å². The predicted molar refractivity (Wildman–Crippen MR) is 130 cm³/mol. The van der Waals surface area contributed by atoms with Gasteiger partial charge in [-0.2, -0.15) is 0 Å². The third-order valence-electron chi connectivity index (χ3n) is 8.48. The van der Waals surface area contributed by atoms with Gasteiger partial charge in [0.1, 0.15) is 5.54 Å². The molecule has 7 heteroatoms. The van der Waals surface area contributed by atoms with Crippen molar-refractivity contribution in [3.63, 3.8) is 0 Å². The summed E-state index contributed by atoms with van der Waals surface area (Å²) in [5.41, 5.74) is 0.455. The Bertz CT molecular complexity index is 930. The average molecular weight is 467 g/mol. The maximum atomic E-state index is 13.3. The van der Waals surface area contributed by atoms with E-state index in [1.54, 1.807) is 7.05 Å². The molecule has 7 nitrogen and oxygen atoms in total. The molecule has 1 aromatic rings. The van der Waals surface area contributed by atoms with E-state index >= 15 is 0 Å². The monoisotopic (exact) mass is 466 g/mol. The molecule has 1 aromatic carbocycles. The van der Waals surface area contributed by atoms with Gasteiger partial charge in [-0.05, 0) is 70.3 Å². The van der Waals surface area contributed by atoms with Crippen molar-refractivity contribution in [3.8, 4) is 0 Å². The molecule has 0 radical (unpaired) electrons. The molecule has 34 heavy (non-hydrogen) atoms. The number of amides is 4. The Morgan fingerprint density at radius 2 is 1.71 bits per heavy atom. The first-order valence-corrected chi connectivity index (χ1v) is 13.0. The number of imide groups is 1. The lowest BCUT2D eigenvalue weighted by Crippen LogP contribution is -2.61. The molecule has 4 aliphatic rings. The Labute approximate surface area is 202 Å². The van der Waals surface area contributed by atoms with Gasteiger partial charge in [-0.1, -0.05) is 30.3 Å². The van der Waals surface area contributed by atoms with E-state index < -0.39 is 5.54 Å². The maximum absolute atomic E-state index is 13.3. The van der Waals surface area contributed by atoms with E-state index in [9.17, 15) is 14.4 Å². The van der Waals surface area contributed by atoms with Gasteiger partial charge in [0.15, 0.2) is 0 Å². The number of carbonyl (C=O) groups excluding carboxylic acids is 3. The SMILES string of the molecule is CC(C)N1C(=O)N(C)C(=O)C12CC1CCC(C2)N1CC[C@H](NC(=O)CC1CC1)c1ccccc1. The number of nitrogens with zero attached hydrogens (tertiary/aromatic N) is 3. The summed E-state index contributed by atoms with van der Waals surface area (Å²) in [5.74, 6) is 0.694. The Kier molecular flexibility index (Phi) is 6.17. The zero-order valence-corrected chi connectivity index (χ0v) is 20.7. The number of hydrogen-bond acceptors (Lipinski definition) is 4. The van der Waals surface area contributed by atoms with Crippen LogP contribution in [0.1, 0.15) is 76.8 Å². The van der Waals surface area contributed by atoms with Crippen molar-refractivity contribution in [2.45, 2.75) is 94.9 Å². The molecule has 1 saturated carbocycles. The first-order valence-electron chi connectivity index (χ1n) is 13.0. The highest BCUT2D eigenvalue weighted by Crippen LogP contribution is 2.48. The summed E-state index contributed by atoms with van der Waals surface area (Å²) >= 11 is 0. The minimum absolute atomic E-state index is 0.00325. The maximum Gasteiger partial charge on any atom is 0.327 e. The van der Waals surface area contributed by atoms with E-state index in [1.807, 2.05) is 36.9 Å². The van der Waals surface area contributed by atoms with Crippen molar-refractivity contribution in [1.82, 2.24) is 20.0 Å². The molecule has 3 aliphatic heterocycles. The summed E-state index contributed by atoms with van der Waals surface area (Å²) in [7, 11) is 1.62. The van der Waals surface area contributed by atoms with Crippen LogP contribution in [0.3, 0.4) is 0 Å². The van der Waals surface area contributed by atoms with Crippen LogP contribution in [0.4, 0.5) is 4.79 Å². The standard InChI is InChI=1S/C27H38N4O3/c1-18(2)31-26(34)29(3)25(33)27(31)16-21-11-12-22(17-27)30(21)14-13-23(20-7-5-4-6-8-20)28-24(32)15-19-9-10-19/h4-8,18-19,21-23H,9-17H2,1-3H3,(H,28,32)/t21?,22?,23-,27?/m0/s1. The van der Waals surface area contributed by atoms with Crippen LogP contribution >= 0.6 is 0 Å². The van der Waals surface area contributed by atoms with Gasteiger partial charge in [-0.15, -0.1) is 0 Å². The summed E-state index contributed by atoms with van der Waals surface area (Å²) in [6.07, 6.45) is 7.37. The van der Waals surface area contributed by atoms with Crippen LogP contribution in [0.2, 0.25) is 0 Å². The third-order valence-corrected chi connectivity index (χ3v) is 8.48. The molecule has 0 aromatic heterocycles. The molecule has 4 fully saturated rings. The van der Waals surface area contributed by atoms with E-state index in [1.165, 1.54) is 17.7 Å². The summed E-state index contributed by atoms with van der Waals surface area (Å²) in [5, 5.41) is 3.30. The van der Waals surface area contributed by atoms with E-state index in [0.717, 1.165) is 31.4 Å². The second kappa shape index (κ2) is 8.99. The van der Waals surface area contributed by atoms with Crippen molar-refractivity contribution >= 4 is 17.8 Å². The number of fused-ring (bicyclic) bond motifs is 2. The number of rotatable bonds is 8. The van der Waals surface area contributed by atoms with Gasteiger partial charge in [-0.3, -0.25) is 19.4 Å². The normalized spacial score (nSPS) is 30.0. The molecule has 3 heterocycles. The Balaban J connectivity index is 1.29. The van der Waals surface area contributed by atoms with Gasteiger partial charge < -0.3 is 10.2 Å². The third kappa shape index (κ3) is 4.12. The van der Waals surface area contributed by atoms with Crippen LogP contribution in [-0.4, -0.2) is 69.8 Å². The largest absolute Gasteiger partial charge is 0.349 e. The van der Waals surface area contributed by atoms with Gasteiger partial charge in [-0.25, -0.2) is 4.79 Å². The average Bonchev–Trinajstić information content (AvgIpc) is 3.56. The second-order valence-corrected chi connectivity index (χ2v) is 11.1. The predicted octanol–water partition coefficient (Wildman–Crippen LogP) is 3.70. The minimum Gasteiger partial charge on any atom is -0.349 e. The molecule has 3 saturated heterocycles. The van der Waals surface area contributed by atoms with Gasteiger partial charge in [0.05, 0.1) is 6.04 Å².